The molecule has 1 aromatic carbocycles. The van der Waals surface area contributed by atoms with E-state index in [-0.39, 0.29) is 11.8 Å². The molecular formula is C15H21F2NO. The summed E-state index contributed by atoms with van der Waals surface area (Å²) in [6.07, 6.45) is 3.77. The van der Waals surface area contributed by atoms with Gasteiger partial charge in [-0.1, -0.05) is 19.1 Å². The van der Waals surface area contributed by atoms with Gasteiger partial charge in [-0.2, -0.15) is 8.78 Å². The van der Waals surface area contributed by atoms with Crippen molar-refractivity contribution in [2.24, 2.45) is 5.41 Å². The number of rotatable bonds is 7. The number of alkyl halides is 2. The highest BCUT2D eigenvalue weighted by atomic mass is 19.3. The summed E-state index contributed by atoms with van der Waals surface area (Å²) in [5.41, 5.74) is 1.45. The van der Waals surface area contributed by atoms with Gasteiger partial charge in [0.2, 0.25) is 0 Å². The maximum Gasteiger partial charge on any atom is 0.387 e. The van der Waals surface area contributed by atoms with Crippen molar-refractivity contribution in [3.8, 4) is 5.75 Å². The molecule has 0 radical (unpaired) electrons. The van der Waals surface area contributed by atoms with Crippen LogP contribution in [0, 0.1) is 5.41 Å². The Balaban J connectivity index is 1.92. The summed E-state index contributed by atoms with van der Waals surface area (Å²) in [4.78, 5) is 0. The van der Waals surface area contributed by atoms with Gasteiger partial charge in [-0.3, -0.25) is 0 Å². The molecule has 2 rings (SSSR count). The van der Waals surface area contributed by atoms with Crippen LogP contribution in [0.3, 0.4) is 0 Å². The van der Waals surface area contributed by atoms with E-state index >= 15 is 0 Å². The number of nitrogens with one attached hydrogen (secondary N) is 1. The molecule has 1 saturated carbocycles. The van der Waals surface area contributed by atoms with Gasteiger partial charge in [-0.25, -0.2) is 0 Å². The lowest BCUT2D eigenvalue weighted by atomic mass is 10.0. The van der Waals surface area contributed by atoms with Gasteiger partial charge in [-0.05, 0) is 49.3 Å². The Morgan fingerprint density at radius 3 is 2.68 bits per heavy atom. The third kappa shape index (κ3) is 3.90. The normalized spacial score (nSPS) is 18.4. The Labute approximate surface area is 113 Å². The Morgan fingerprint density at radius 2 is 2.11 bits per heavy atom. The summed E-state index contributed by atoms with van der Waals surface area (Å²) in [6.45, 7) is 2.49. The Morgan fingerprint density at radius 1 is 1.37 bits per heavy atom. The van der Waals surface area contributed by atoms with Crippen LogP contribution in [-0.2, 0) is 0 Å². The first-order chi connectivity index (χ1) is 9.04. The predicted octanol–water partition coefficient (Wildman–Crippen LogP) is 4.13. The lowest BCUT2D eigenvalue weighted by Gasteiger charge is -2.19. The van der Waals surface area contributed by atoms with Crippen molar-refractivity contribution in [3.63, 3.8) is 0 Å². The highest BCUT2D eigenvalue weighted by molar-refractivity contribution is 5.30. The maximum atomic E-state index is 12.2. The molecule has 0 spiro atoms. The van der Waals surface area contributed by atoms with E-state index in [1.807, 2.05) is 13.0 Å². The molecule has 1 aliphatic carbocycles. The molecule has 0 heterocycles. The fourth-order valence-electron chi connectivity index (χ4n) is 2.28. The zero-order chi connectivity index (χ0) is 13.9. The van der Waals surface area contributed by atoms with E-state index in [1.165, 1.54) is 19.3 Å². The van der Waals surface area contributed by atoms with Crippen molar-refractivity contribution in [2.45, 2.75) is 45.8 Å². The van der Waals surface area contributed by atoms with Gasteiger partial charge in [0.1, 0.15) is 5.75 Å². The lowest BCUT2D eigenvalue weighted by Crippen LogP contribution is -2.26. The summed E-state index contributed by atoms with van der Waals surface area (Å²) in [5, 5.41) is 3.49. The van der Waals surface area contributed by atoms with E-state index in [0.717, 1.165) is 12.1 Å². The first-order valence-corrected chi connectivity index (χ1v) is 6.83. The van der Waals surface area contributed by atoms with Crippen molar-refractivity contribution in [1.82, 2.24) is 5.32 Å². The second-order valence-electron chi connectivity index (χ2n) is 5.41. The van der Waals surface area contributed by atoms with Gasteiger partial charge in [0.05, 0.1) is 0 Å². The van der Waals surface area contributed by atoms with Crippen molar-refractivity contribution < 1.29 is 13.5 Å². The maximum absolute atomic E-state index is 12.2. The molecule has 1 aromatic rings. The zero-order valence-corrected chi connectivity index (χ0v) is 11.5. The third-order valence-corrected chi connectivity index (χ3v) is 4.07. The van der Waals surface area contributed by atoms with E-state index < -0.39 is 6.61 Å². The average Bonchev–Trinajstić information content (AvgIpc) is 3.16. The van der Waals surface area contributed by atoms with Gasteiger partial charge in [0, 0.05) is 12.6 Å². The van der Waals surface area contributed by atoms with Crippen molar-refractivity contribution in [1.29, 1.82) is 0 Å². The molecule has 0 aromatic heterocycles. The van der Waals surface area contributed by atoms with Gasteiger partial charge < -0.3 is 10.1 Å². The van der Waals surface area contributed by atoms with Crippen LogP contribution in [0.4, 0.5) is 8.78 Å². The highest BCUT2D eigenvalue weighted by Gasteiger charge is 2.40. The first-order valence-electron chi connectivity index (χ1n) is 6.83. The Bertz CT molecular complexity index is 418. The number of ether oxygens (including phenoxy) is 1. The molecule has 0 bridgehead atoms. The Kier molecular flexibility index (Phi) is 4.40. The standard InChI is InChI=1S/C15H21F2NO/c1-3-15(7-8-15)10-18-11(2)12-5-4-6-13(9-12)19-14(16)17/h4-6,9,11,14,18H,3,7-8,10H2,1-2H3. The molecule has 4 heteroatoms. The van der Waals surface area contributed by atoms with Crippen LogP contribution in [0.25, 0.3) is 0 Å². The minimum absolute atomic E-state index is 0.144. The lowest BCUT2D eigenvalue weighted by molar-refractivity contribution is -0.0499. The van der Waals surface area contributed by atoms with E-state index in [0.29, 0.717) is 5.41 Å². The van der Waals surface area contributed by atoms with Gasteiger partial charge >= 0.3 is 6.61 Å². The smallest absolute Gasteiger partial charge is 0.387 e. The summed E-state index contributed by atoms with van der Waals surface area (Å²) in [5.74, 6) is 0.220. The van der Waals surface area contributed by atoms with Gasteiger partial charge in [0.15, 0.2) is 0 Å². The molecule has 19 heavy (non-hydrogen) atoms. The molecule has 1 fully saturated rings. The van der Waals surface area contributed by atoms with E-state index in [4.69, 9.17) is 0 Å². The second kappa shape index (κ2) is 5.87. The van der Waals surface area contributed by atoms with E-state index in [1.54, 1.807) is 18.2 Å². The molecule has 1 unspecified atom stereocenters. The van der Waals surface area contributed by atoms with Gasteiger partial charge in [-0.15, -0.1) is 0 Å². The number of benzene rings is 1. The fourth-order valence-corrected chi connectivity index (χ4v) is 2.28. The first kappa shape index (κ1) is 14.3. The molecule has 1 atom stereocenters. The van der Waals surface area contributed by atoms with Crippen LogP contribution in [-0.4, -0.2) is 13.2 Å². The zero-order valence-electron chi connectivity index (χ0n) is 11.5. The second-order valence-corrected chi connectivity index (χ2v) is 5.41. The van der Waals surface area contributed by atoms with Crippen molar-refractivity contribution in [2.75, 3.05) is 6.54 Å². The molecule has 106 valence electrons. The predicted molar refractivity (Wildman–Crippen MR) is 71.4 cm³/mol. The van der Waals surface area contributed by atoms with Gasteiger partial charge in [0.25, 0.3) is 0 Å². The molecule has 0 aliphatic heterocycles. The van der Waals surface area contributed by atoms with Crippen LogP contribution >= 0.6 is 0 Å². The molecular weight excluding hydrogens is 248 g/mol. The Hall–Kier alpha value is -1.16. The quantitative estimate of drug-likeness (QED) is 0.803. The summed E-state index contributed by atoms with van der Waals surface area (Å²) in [7, 11) is 0. The minimum atomic E-state index is -2.77. The van der Waals surface area contributed by atoms with Crippen LogP contribution in [0.5, 0.6) is 5.75 Å². The monoisotopic (exact) mass is 269 g/mol. The molecule has 0 amide bonds. The van der Waals surface area contributed by atoms with Crippen LogP contribution in [0.15, 0.2) is 24.3 Å². The minimum Gasteiger partial charge on any atom is -0.435 e. The molecule has 0 saturated heterocycles. The SMILES string of the molecule is CCC1(CNC(C)c2cccc(OC(F)F)c2)CC1. The van der Waals surface area contributed by atoms with Crippen LogP contribution < -0.4 is 10.1 Å². The topological polar surface area (TPSA) is 21.3 Å². The summed E-state index contributed by atoms with van der Waals surface area (Å²) in [6, 6.07) is 7.05. The van der Waals surface area contributed by atoms with Crippen molar-refractivity contribution >= 4 is 0 Å². The van der Waals surface area contributed by atoms with E-state index in [2.05, 4.69) is 17.0 Å². The average molecular weight is 269 g/mol. The molecule has 1 N–H and O–H groups in total. The fraction of sp³-hybridized carbons (Fsp3) is 0.600. The largest absolute Gasteiger partial charge is 0.435 e. The molecule has 1 aliphatic rings. The third-order valence-electron chi connectivity index (χ3n) is 4.07. The van der Waals surface area contributed by atoms with Crippen LogP contribution in [0.2, 0.25) is 0 Å². The summed E-state index contributed by atoms with van der Waals surface area (Å²) < 4.78 is 28.8. The van der Waals surface area contributed by atoms with E-state index in [9.17, 15) is 8.78 Å². The molecule has 2 nitrogen and oxygen atoms in total. The highest BCUT2D eigenvalue weighted by Crippen LogP contribution is 2.48. The number of halogens is 2. The number of hydrogen-bond acceptors (Lipinski definition) is 2. The summed E-state index contributed by atoms with van der Waals surface area (Å²) >= 11 is 0. The van der Waals surface area contributed by atoms with Crippen molar-refractivity contribution in [3.05, 3.63) is 29.8 Å². The van der Waals surface area contributed by atoms with Crippen LogP contribution in [0.1, 0.15) is 44.7 Å². The number of hydrogen-bond donors (Lipinski definition) is 1.